The molecule has 1 aromatic carbocycles. The quantitative estimate of drug-likeness (QED) is 0.645. The van der Waals surface area contributed by atoms with Gasteiger partial charge in [0.1, 0.15) is 0 Å². The summed E-state index contributed by atoms with van der Waals surface area (Å²) in [6.07, 6.45) is 0. The Bertz CT molecular complexity index is 388. The Labute approximate surface area is 83.3 Å². The number of rotatable bonds is 1. The van der Waals surface area contributed by atoms with Crippen LogP contribution in [0.1, 0.15) is 12.5 Å². The van der Waals surface area contributed by atoms with Crippen molar-refractivity contribution in [3.63, 3.8) is 0 Å². The molecule has 0 aliphatic rings. The molecule has 0 atom stereocenters. The maximum absolute atomic E-state index is 10.8. The summed E-state index contributed by atoms with van der Waals surface area (Å²) >= 11 is 0. The van der Waals surface area contributed by atoms with Crippen molar-refractivity contribution in [3.05, 3.63) is 29.8 Å². The summed E-state index contributed by atoms with van der Waals surface area (Å²) in [6.45, 7) is 1.81. The van der Waals surface area contributed by atoms with Crippen LogP contribution in [0.25, 0.3) is 0 Å². The summed E-state index contributed by atoms with van der Waals surface area (Å²) in [5.41, 5.74) is 6.85. The van der Waals surface area contributed by atoms with E-state index >= 15 is 0 Å². The van der Waals surface area contributed by atoms with Crippen molar-refractivity contribution < 1.29 is 4.79 Å². The minimum Gasteiger partial charge on any atom is -0.326 e. The normalized spacial score (nSPS) is 8.71. The number of nitrogens with two attached hydrogens (primary N) is 1. The molecule has 0 aliphatic heterocycles. The lowest BCUT2D eigenvalue weighted by molar-refractivity contribution is -0.114. The van der Waals surface area contributed by atoms with Gasteiger partial charge >= 0.3 is 0 Å². The van der Waals surface area contributed by atoms with E-state index in [4.69, 9.17) is 5.73 Å². The number of hydrogen-bond donors (Lipinski definition) is 2. The first-order chi connectivity index (χ1) is 6.72. The minimum absolute atomic E-state index is 0.0889. The molecule has 0 aliphatic carbocycles. The van der Waals surface area contributed by atoms with E-state index in [1.165, 1.54) is 6.92 Å². The molecule has 0 aromatic heterocycles. The van der Waals surface area contributed by atoms with Gasteiger partial charge in [-0.15, -0.1) is 0 Å². The second-order valence-electron chi connectivity index (χ2n) is 2.77. The number of amides is 1. The van der Waals surface area contributed by atoms with E-state index in [-0.39, 0.29) is 5.91 Å². The van der Waals surface area contributed by atoms with Gasteiger partial charge in [-0.05, 0) is 18.2 Å². The van der Waals surface area contributed by atoms with Gasteiger partial charge < -0.3 is 11.1 Å². The van der Waals surface area contributed by atoms with Gasteiger partial charge in [-0.1, -0.05) is 17.9 Å². The van der Waals surface area contributed by atoms with E-state index in [2.05, 4.69) is 17.2 Å². The molecule has 72 valence electrons. The van der Waals surface area contributed by atoms with Crippen LogP contribution in [0.5, 0.6) is 0 Å². The predicted octanol–water partition coefficient (Wildman–Crippen LogP) is 0.955. The van der Waals surface area contributed by atoms with Crippen LogP contribution in [0.2, 0.25) is 0 Å². The van der Waals surface area contributed by atoms with Gasteiger partial charge in [0.2, 0.25) is 5.91 Å². The molecule has 3 N–H and O–H groups in total. The average molecular weight is 188 g/mol. The molecular weight excluding hydrogens is 176 g/mol. The Morgan fingerprint density at radius 1 is 1.57 bits per heavy atom. The van der Waals surface area contributed by atoms with Crippen molar-refractivity contribution in [1.29, 1.82) is 0 Å². The number of anilines is 1. The Morgan fingerprint density at radius 3 is 3.00 bits per heavy atom. The smallest absolute Gasteiger partial charge is 0.221 e. The molecule has 14 heavy (non-hydrogen) atoms. The molecule has 0 heterocycles. The average Bonchev–Trinajstić information content (AvgIpc) is 2.14. The van der Waals surface area contributed by atoms with Gasteiger partial charge in [-0.2, -0.15) is 0 Å². The molecule has 0 saturated heterocycles. The maximum Gasteiger partial charge on any atom is 0.221 e. The van der Waals surface area contributed by atoms with E-state index < -0.39 is 0 Å². The number of hydrogen-bond acceptors (Lipinski definition) is 2. The summed E-state index contributed by atoms with van der Waals surface area (Å²) in [5, 5.41) is 2.68. The highest BCUT2D eigenvalue weighted by Crippen LogP contribution is 2.09. The van der Waals surface area contributed by atoms with Crippen molar-refractivity contribution in [1.82, 2.24) is 0 Å². The molecule has 3 heteroatoms. The number of benzene rings is 1. The van der Waals surface area contributed by atoms with Crippen LogP contribution in [-0.4, -0.2) is 12.5 Å². The molecule has 1 amide bonds. The van der Waals surface area contributed by atoms with Crippen LogP contribution in [-0.2, 0) is 4.79 Å². The molecule has 1 rings (SSSR count). The highest BCUT2D eigenvalue weighted by atomic mass is 16.1. The van der Waals surface area contributed by atoms with E-state index in [0.717, 1.165) is 11.3 Å². The molecule has 0 unspecified atom stereocenters. The Kier molecular flexibility index (Phi) is 3.71. The third-order valence-electron chi connectivity index (χ3n) is 1.52. The zero-order valence-electron chi connectivity index (χ0n) is 8.00. The monoisotopic (exact) mass is 188 g/mol. The molecule has 0 radical (unpaired) electrons. The van der Waals surface area contributed by atoms with Crippen molar-refractivity contribution in [2.45, 2.75) is 6.92 Å². The molecule has 0 saturated carbocycles. The van der Waals surface area contributed by atoms with Crippen molar-refractivity contribution in [2.24, 2.45) is 5.73 Å². The second-order valence-corrected chi connectivity index (χ2v) is 2.77. The van der Waals surface area contributed by atoms with Gasteiger partial charge in [-0.3, -0.25) is 4.79 Å². The second kappa shape index (κ2) is 5.05. The van der Waals surface area contributed by atoms with Crippen LogP contribution in [0.4, 0.5) is 5.69 Å². The fourth-order valence-corrected chi connectivity index (χ4v) is 1.03. The summed E-state index contributed by atoms with van der Waals surface area (Å²) in [6, 6.07) is 7.33. The van der Waals surface area contributed by atoms with Crippen molar-refractivity contribution in [2.75, 3.05) is 11.9 Å². The molecule has 3 nitrogen and oxygen atoms in total. The first-order valence-corrected chi connectivity index (χ1v) is 4.29. The third-order valence-corrected chi connectivity index (χ3v) is 1.52. The Balaban J connectivity index is 2.84. The summed E-state index contributed by atoms with van der Waals surface area (Å²) in [4.78, 5) is 10.8. The maximum atomic E-state index is 10.8. The highest BCUT2D eigenvalue weighted by Gasteiger charge is 1.94. The fourth-order valence-electron chi connectivity index (χ4n) is 1.03. The highest BCUT2D eigenvalue weighted by molar-refractivity contribution is 5.88. The predicted molar refractivity (Wildman–Crippen MR) is 56.7 cm³/mol. The van der Waals surface area contributed by atoms with Gasteiger partial charge in [0.25, 0.3) is 0 Å². The van der Waals surface area contributed by atoms with Crippen LogP contribution < -0.4 is 11.1 Å². The summed E-state index contributed by atoms with van der Waals surface area (Å²) < 4.78 is 0. The Morgan fingerprint density at radius 2 is 2.36 bits per heavy atom. The van der Waals surface area contributed by atoms with E-state index in [1.54, 1.807) is 0 Å². The SMILES string of the molecule is CC(=O)Nc1cccc(C#CCN)c1. The third kappa shape index (κ3) is 3.30. The van der Waals surface area contributed by atoms with Gasteiger partial charge in [0, 0.05) is 18.2 Å². The van der Waals surface area contributed by atoms with Crippen molar-refractivity contribution in [3.8, 4) is 11.8 Å². The van der Waals surface area contributed by atoms with Gasteiger partial charge in [0.15, 0.2) is 0 Å². The molecular formula is C11H12N2O. The van der Waals surface area contributed by atoms with Crippen LogP contribution >= 0.6 is 0 Å². The fraction of sp³-hybridized carbons (Fsp3) is 0.182. The van der Waals surface area contributed by atoms with Gasteiger partial charge in [-0.25, -0.2) is 0 Å². The minimum atomic E-state index is -0.0889. The first-order valence-electron chi connectivity index (χ1n) is 4.29. The topological polar surface area (TPSA) is 55.1 Å². The molecule has 1 aromatic rings. The lowest BCUT2D eigenvalue weighted by atomic mass is 10.2. The zero-order valence-corrected chi connectivity index (χ0v) is 8.00. The van der Waals surface area contributed by atoms with Gasteiger partial charge in [0.05, 0.1) is 6.54 Å². The lowest BCUT2D eigenvalue weighted by Crippen LogP contribution is -2.05. The molecule has 0 fully saturated rings. The van der Waals surface area contributed by atoms with Crippen LogP contribution in [0.15, 0.2) is 24.3 Å². The standard InChI is InChI=1S/C11H12N2O/c1-9(14)13-11-6-2-4-10(8-11)5-3-7-12/h2,4,6,8H,7,12H2,1H3,(H,13,14). The first kappa shape index (κ1) is 10.3. The Hall–Kier alpha value is -1.79. The largest absolute Gasteiger partial charge is 0.326 e. The zero-order chi connectivity index (χ0) is 10.4. The molecule has 0 bridgehead atoms. The summed E-state index contributed by atoms with van der Waals surface area (Å²) in [7, 11) is 0. The van der Waals surface area contributed by atoms with E-state index in [1.807, 2.05) is 24.3 Å². The summed E-state index contributed by atoms with van der Waals surface area (Å²) in [5.74, 6) is 5.55. The van der Waals surface area contributed by atoms with E-state index in [0.29, 0.717) is 6.54 Å². The lowest BCUT2D eigenvalue weighted by Gasteiger charge is -2.01. The van der Waals surface area contributed by atoms with Crippen molar-refractivity contribution >= 4 is 11.6 Å². The number of carbonyl (C=O) groups is 1. The number of nitrogens with one attached hydrogen (secondary N) is 1. The number of carbonyl (C=O) groups excluding carboxylic acids is 1. The van der Waals surface area contributed by atoms with Crippen LogP contribution in [0, 0.1) is 11.8 Å². The van der Waals surface area contributed by atoms with Crippen LogP contribution in [0.3, 0.4) is 0 Å². The molecule has 0 spiro atoms. The van der Waals surface area contributed by atoms with E-state index in [9.17, 15) is 4.79 Å².